The molecule has 104 valence electrons. The summed E-state index contributed by atoms with van der Waals surface area (Å²) in [6, 6.07) is 9.21. The second kappa shape index (κ2) is 5.69. The number of nitrogens with zero attached hydrogens (tertiary/aromatic N) is 2. The molecule has 0 aliphatic rings. The van der Waals surface area contributed by atoms with Crippen LogP contribution in [0.3, 0.4) is 0 Å². The van der Waals surface area contributed by atoms with Crippen LogP contribution < -0.4 is 5.32 Å². The van der Waals surface area contributed by atoms with Crippen molar-refractivity contribution in [1.29, 1.82) is 0 Å². The predicted molar refractivity (Wildman–Crippen MR) is 77.5 cm³/mol. The van der Waals surface area contributed by atoms with E-state index in [0.717, 1.165) is 11.3 Å². The van der Waals surface area contributed by atoms with Crippen molar-refractivity contribution in [2.75, 3.05) is 5.32 Å². The SMILES string of the molecule is Cc1ccccc1Nc1cc(C(=O)O)nc(C(C)C)n1. The van der Waals surface area contributed by atoms with Crippen LogP contribution in [0, 0.1) is 6.92 Å². The normalized spacial score (nSPS) is 10.6. The van der Waals surface area contributed by atoms with Crippen LogP contribution in [0.5, 0.6) is 0 Å². The van der Waals surface area contributed by atoms with Gasteiger partial charge in [0.15, 0.2) is 5.69 Å². The Kier molecular flexibility index (Phi) is 3.98. The van der Waals surface area contributed by atoms with Crippen LogP contribution in [-0.2, 0) is 0 Å². The number of para-hydroxylation sites is 1. The van der Waals surface area contributed by atoms with E-state index in [1.54, 1.807) is 0 Å². The van der Waals surface area contributed by atoms with E-state index in [2.05, 4.69) is 15.3 Å². The predicted octanol–water partition coefficient (Wildman–Crippen LogP) is 3.35. The molecule has 2 rings (SSSR count). The van der Waals surface area contributed by atoms with Crippen LogP contribution in [0.4, 0.5) is 11.5 Å². The molecule has 0 aliphatic heterocycles. The van der Waals surface area contributed by atoms with Gasteiger partial charge in [-0.25, -0.2) is 14.8 Å². The molecule has 1 aromatic heterocycles. The highest BCUT2D eigenvalue weighted by Crippen LogP contribution is 2.21. The van der Waals surface area contributed by atoms with E-state index in [-0.39, 0.29) is 11.6 Å². The lowest BCUT2D eigenvalue weighted by atomic mass is 10.2. The van der Waals surface area contributed by atoms with Gasteiger partial charge in [-0.15, -0.1) is 0 Å². The number of anilines is 2. The van der Waals surface area contributed by atoms with Gasteiger partial charge < -0.3 is 10.4 Å². The average Bonchev–Trinajstić information content (AvgIpc) is 2.41. The van der Waals surface area contributed by atoms with Gasteiger partial charge in [-0.05, 0) is 18.6 Å². The number of carboxylic acid groups (broad SMARTS) is 1. The van der Waals surface area contributed by atoms with Crippen LogP contribution in [-0.4, -0.2) is 21.0 Å². The number of nitrogens with one attached hydrogen (secondary N) is 1. The Bertz CT molecular complexity index is 639. The Labute approximate surface area is 117 Å². The van der Waals surface area contributed by atoms with Gasteiger partial charge in [-0.2, -0.15) is 0 Å². The van der Waals surface area contributed by atoms with Crippen molar-refractivity contribution in [1.82, 2.24) is 9.97 Å². The Morgan fingerprint density at radius 1 is 1.25 bits per heavy atom. The lowest BCUT2D eigenvalue weighted by molar-refractivity contribution is 0.0690. The molecule has 0 aliphatic carbocycles. The van der Waals surface area contributed by atoms with Crippen molar-refractivity contribution >= 4 is 17.5 Å². The number of carbonyl (C=O) groups is 1. The van der Waals surface area contributed by atoms with Crippen LogP contribution >= 0.6 is 0 Å². The fourth-order valence-corrected chi connectivity index (χ4v) is 1.75. The van der Waals surface area contributed by atoms with E-state index in [0.29, 0.717) is 11.6 Å². The topological polar surface area (TPSA) is 75.1 Å². The highest BCUT2D eigenvalue weighted by atomic mass is 16.4. The first-order valence-corrected chi connectivity index (χ1v) is 6.42. The van der Waals surface area contributed by atoms with Crippen LogP contribution in [0.25, 0.3) is 0 Å². The van der Waals surface area contributed by atoms with E-state index in [1.807, 2.05) is 45.0 Å². The summed E-state index contributed by atoms with van der Waals surface area (Å²) in [7, 11) is 0. The minimum absolute atomic E-state index is 0.000200. The second-order valence-electron chi connectivity index (χ2n) is 4.90. The molecule has 5 nitrogen and oxygen atoms in total. The van der Waals surface area contributed by atoms with Crippen molar-refractivity contribution in [3.63, 3.8) is 0 Å². The van der Waals surface area contributed by atoms with Crippen molar-refractivity contribution in [2.24, 2.45) is 0 Å². The lowest BCUT2D eigenvalue weighted by Gasteiger charge is -2.11. The molecule has 1 heterocycles. The molecule has 2 N–H and O–H groups in total. The van der Waals surface area contributed by atoms with Gasteiger partial charge in [0.2, 0.25) is 0 Å². The minimum Gasteiger partial charge on any atom is -0.477 e. The zero-order valence-corrected chi connectivity index (χ0v) is 11.7. The Morgan fingerprint density at radius 2 is 1.95 bits per heavy atom. The first kappa shape index (κ1) is 14.0. The zero-order chi connectivity index (χ0) is 14.7. The molecule has 0 saturated carbocycles. The molecule has 0 amide bonds. The number of hydrogen-bond donors (Lipinski definition) is 2. The third-order valence-corrected chi connectivity index (χ3v) is 2.89. The smallest absolute Gasteiger partial charge is 0.354 e. The number of aromatic carboxylic acids is 1. The van der Waals surface area contributed by atoms with E-state index in [1.165, 1.54) is 6.07 Å². The fraction of sp³-hybridized carbons (Fsp3) is 0.267. The molecule has 20 heavy (non-hydrogen) atoms. The summed E-state index contributed by atoms with van der Waals surface area (Å²) in [6.07, 6.45) is 0. The Hall–Kier alpha value is -2.43. The molecule has 0 atom stereocenters. The minimum atomic E-state index is -1.05. The molecule has 2 aromatic rings. The molecule has 0 unspecified atom stereocenters. The third-order valence-electron chi connectivity index (χ3n) is 2.89. The lowest BCUT2D eigenvalue weighted by Crippen LogP contribution is -2.09. The van der Waals surface area contributed by atoms with Crippen LogP contribution in [0.2, 0.25) is 0 Å². The average molecular weight is 271 g/mol. The summed E-state index contributed by atoms with van der Waals surface area (Å²) in [4.78, 5) is 19.5. The standard InChI is InChI=1S/C15H17N3O2/c1-9(2)14-17-12(15(19)20)8-13(18-14)16-11-7-5-4-6-10(11)3/h4-9H,1-3H3,(H,19,20)(H,16,17,18). The summed E-state index contributed by atoms with van der Waals surface area (Å²) in [6.45, 7) is 5.84. The highest BCUT2D eigenvalue weighted by Gasteiger charge is 2.13. The van der Waals surface area contributed by atoms with Gasteiger partial charge in [0.25, 0.3) is 0 Å². The summed E-state index contributed by atoms with van der Waals surface area (Å²) in [5, 5.41) is 12.3. The molecule has 0 fully saturated rings. The quantitative estimate of drug-likeness (QED) is 0.891. The van der Waals surface area contributed by atoms with Crippen LogP contribution in [0.1, 0.15) is 41.6 Å². The molecule has 1 aromatic carbocycles. The summed E-state index contributed by atoms with van der Waals surface area (Å²) < 4.78 is 0. The monoisotopic (exact) mass is 271 g/mol. The maximum absolute atomic E-state index is 11.1. The van der Waals surface area contributed by atoms with Crippen molar-refractivity contribution in [3.8, 4) is 0 Å². The second-order valence-corrected chi connectivity index (χ2v) is 4.90. The number of rotatable bonds is 4. The van der Waals surface area contributed by atoms with Crippen molar-refractivity contribution in [2.45, 2.75) is 26.7 Å². The number of benzene rings is 1. The maximum Gasteiger partial charge on any atom is 0.354 e. The summed E-state index contributed by atoms with van der Waals surface area (Å²) in [5.41, 5.74) is 1.96. The number of aryl methyl sites for hydroxylation is 1. The van der Waals surface area contributed by atoms with Crippen molar-refractivity contribution < 1.29 is 9.90 Å². The van der Waals surface area contributed by atoms with Gasteiger partial charge >= 0.3 is 5.97 Å². The largest absolute Gasteiger partial charge is 0.477 e. The van der Waals surface area contributed by atoms with Crippen molar-refractivity contribution in [3.05, 3.63) is 47.4 Å². The summed E-state index contributed by atoms with van der Waals surface area (Å²) in [5.74, 6) is 0.0187. The molecular formula is C15H17N3O2. The number of aromatic nitrogens is 2. The molecule has 0 saturated heterocycles. The molecular weight excluding hydrogens is 254 g/mol. The van der Waals surface area contributed by atoms with Gasteiger partial charge in [0.05, 0.1) is 0 Å². The molecule has 0 bridgehead atoms. The molecule has 5 heteroatoms. The third kappa shape index (κ3) is 3.12. The van der Waals surface area contributed by atoms with Gasteiger partial charge in [-0.1, -0.05) is 32.0 Å². The number of carboxylic acids is 1. The number of hydrogen-bond acceptors (Lipinski definition) is 4. The van der Waals surface area contributed by atoms with Gasteiger partial charge in [-0.3, -0.25) is 0 Å². The fourth-order valence-electron chi connectivity index (χ4n) is 1.75. The summed E-state index contributed by atoms with van der Waals surface area (Å²) >= 11 is 0. The van der Waals surface area contributed by atoms with E-state index in [9.17, 15) is 4.79 Å². The molecule has 0 spiro atoms. The van der Waals surface area contributed by atoms with Gasteiger partial charge in [0, 0.05) is 17.7 Å². The van der Waals surface area contributed by atoms with E-state index < -0.39 is 5.97 Å². The molecule has 0 radical (unpaired) electrons. The Balaban J connectivity index is 2.41. The first-order chi connectivity index (χ1) is 9.47. The highest BCUT2D eigenvalue weighted by molar-refractivity contribution is 5.86. The van der Waals surface area contributed by atoms with E-state index >= 15 is 0 Å². The maximum atomic E-state index is 11.1. The Morgan fingerprint density at radius 3 is 2.55 bits per heavy atom. The van der Waals surface area contributed by atoms with Crippen LogP contribution in [0.15, 0.2) is 30.3 Å². The van der Waals surface area contributed by atoms with Gasteiger partial charge in [0.1, 0.15) is 11.6 Å². The van der Waals surface area contributed by atoms with E-state index in [4.69, 9.17) is 5.11 Å². The zero-order valence-electron chi connectivity index (χ0n) is 11.7. The first-order valence-electron chi connectivity index (χ1n) is 6.42.